The Bertz CT molecular complexity index is 545. The number of morpholine rings is 1. The zero-order valence-electron chi connectivity index (χ0n) is 15.2. The zero-order chi connectivity index (χ0) is 17.7. The molecule has 0 saturated carbocycles. The molecule has 1 aliphatic rings. The van der Waals surface area contributed by atoms with Crippen molar-refractivity contribution in [3.05, 3.63) is 35.4 Å². The summed E-state index contributed by atoms with van der Waals surface area (Å²) in [4.78, 5) is 14.7. The third kappa shape index (κ3) is 4.71. The number of nitrogens with one attached hydrogen (secondary N) is 1. The highest BCUT2D eigenvalue weighted by Crippen LogP contribution is 2.25. The van der Waals surface area contributed by atoms with Gasteiger partial charge in [-0.1, -0.05) is 38.1 Å². The summed E-state index contributed by atoms with van der Waals surface area (Å²) in [6.07, 6.45) is 0.0775. The lowest BCUT2D eigenvalue weighted by Crippen LogP contribution is -2.54. The van der Waals surface area contributed by atoms with Crippen molar-refractivity contribution in [1.82, 2.24) is 10.2 Å². The minimum absolute atomic E-state index is 0.0336. The molecule has 1 saturated heterocycles. The van der Waals surface area contributed by atoms with E-state index >= 15 is 0 Å². The van der Waals surface area contributed by atoms with Gasteiger partial charge in [0.1, 0.15) is 0 Å². The summed E-state index contributed by atoms with van der Waals surface area (Å²) in [5, 5.41) is 12.9. The van der Waals surface area contributed by atoms with Crippen molar-refractivity contribution in [3.63, 3.8) is 0 Å². The lowest BCUT2D eigenvalue weighted by atomic mass is 9.93. The second-order valence-corrected chi connectivity index (χ2v) is 7.03. The van der Waals surface area contributed by atoms with Crippen LogP contribution in [0.5, 0.6) is 0 Å². The molecule has 2 rings (SSSR count). The van der Waals surface area contributed by atoms with Gasteiger partial charge in [-0.25, -0.2) is 4.79 Å². The van der Waals surface area contributed by atoms with Crippen LogP contribution in [0.1, 0.15) is 44.4 Å². The fourth-order valence-electron chi connectivity index (χ4n) is 3.27. The van der Waals surface area contributed by atoms with Gasteiger partial charge in [-0.05, 0) is 37.3 Å². The number of aliphatic hydroxyl groups excluding tert-OH is 1. The number of benzene rings is 1. The average molecular weight is 334 g/mol. The number of aliphatic hydroxyl groups is 1. The van der Waals surface area contributed by atoms with E-state index in [1.54, 1.807) is 6.92 Å². The van der Waals surface area contributed by atoms with Crippen molar-refractivity contribution in [1.29, 1.82) is 0 Å². The van der Waals surface area contributed by atoms with E-state index in [1.807, 2.05) is 17.0 Å². The summed E-state index contributed by atoms with van der Waals surface area (Å²) in [6.45, 7) is 9.63. The molecular weight excluding hydrogens is 304 g/mol. The Kier molecular flexibility index (Phi) is 6.63. The van der Waals surface area contributed by atoms with Gasteiger partial charge in [-0.3, -0.25) is 0 Å². The number of carbonyl (C=O) groups is 1. The molecule has 1 aliphatic heterocycles. The summed E-state index contributed by atoms with van der Waals surface area (Å²) < 4.78 is 5.49. The van der Waals surface area contributed by atoms with Crippen molar-refractivity contribution < 1.29 is 14.6 Å². The minimum Gasteiger partial charge on any atom is -0.393 e. The molecule has 134 valence electrons. The molecule has 2 N–H and O–H groups in total. The topological polar surface area (TPSA) is 61.8 Å². The van der Waals surface area contributed by atoms with Gasteiger partial charge in [0.05, 0.1) is 31.4 Å². The van der Waals surface area contributed by atoms with E-state index in [0.29, 0.717) is 26.2 Å². The predicted molar refractivity (Wildman–Crippen MR) is 94.9 cm³/mol. The maximum atomic E-state index is 12.9. The van der Waals surface area contributed by atoms with E-state index in [4.69, 9.17) is 4.74 Å². The molecule has 0 bridgehead atoms. The number of rotatable bonds is 5. The number of urea groups is 1. The number of hydrogen-bond donors (Lipinski definition) is 2. The van der Waals surface area contributed by atoms with Crippen LogP contribution in [0.25, 0.3) is 0 Å². The Morgan fingerprint density at radius 1 is 1.38 bits per heavy atom. The molecule has 1 aromatic carbocycles. The number of amides is 2. The standard InChI is InChI=1S/C19H30N2O3/c1-13(2)18(17-8-6-5-7-14(17)3)20-19(23)21-9-10-24-12-16(21)11-15(4)22/h5-8,13,15-16,18,22H,9-12H2,1-4H3,(H,20,23)/t15-,16-,18-/m1/s1. The molecule has 24 heavy (non-hydrogen) atoms. The normalized spacial score (nSPS) is 20.8. The Labute approximate surface area is 145 Å². The van der Waals surface area contributed by atoms with Gasteiger partial charge < -0.3 is 20.1 Å². The van der Waals surface area contributed by atoms with Gasteiger partial charge in [0.25, 0.3) is 0 Å². The van der Waals surface area contributed by atoms with Crippen molar-refractivity contribution in [2.75, 3.05) is 19.8 Å². The summed E-state index contributed by atoms with van der Waals surface area (Å²) in [5.41, 5.74) is 2.33. The quantitative estimate of drug-likeness (QED) is 0.870. The number of aryl methyl sites for hydroxylation is 1. The second kappa shape index (κ2) is 8.49. The summed E-state index contributed by atoms with van der Waals surface area (Å²) in [7, 11) is 0. The number of carbonyl (C=O) groups excluding carboxylic acids is 1. The van der Waals surface area contributed by atoms with Crippen molar-refractivity contribution in [2.24, 2.45) is 5.92 Å². The Morgan fingerprint density at radius 2 is 2.08 bits per heavy atom. The van der Waals surface area contributed by atoms with Crippen LogP contribution >= 0.6 is 0 Å². The largest absolute Gasteiger partial charge is 0.393 e. The zero-order valence-corrected chi connectivity index (χ0v) is 15.2. The van der Waals surface area contributed by atoms with Crippen LogP contribution in [0.15, 0.2) is 24.3 Å². The minimum atomic E-state index is -0.454. The van der Waals surface area contributed by atoms with Crippen LogP contribution in [-0.4, -0.2) is 47.9 Å². The summed E-state index contributed by atoms with van der Waals surface area (Å²) >= 11 is 0. The van der Waals surface area contributed by atoms with Gasteiger partial charge in [0.2, 0.25) is 0 Å². The number of ether oxygens (including phenoxy) is 1. The van der Waals surface area contributed by atoms with Crippen LogP contribution in [0.2, 0.25) is 0 Å². The smallest absolute Gasteiger partial charge is 0.318 e. The van der Waals surface area contributed by atoms with E-state index in [9.17, 15) is 9.90 Å². The van der Waals surface area contributed by atoms with Crippen LogP contribution in [-0.2, 0) is 4.74 Å². The monoisotopic (exact) mass is 334 g/mol. The van der Waals surface area contributed by atoms with Crippen molar-refractivity contribution in [2.45, 2.75) is 52.3 Å². The first-order valence-corrected chi connectivity index (χ1v) is 8.78. The van der Waals surface area contributed by atoms with E-state index in [0.717, 1.165) is 5.56 Å². The van der Waals surface area contributed by atoms with Gasteiger partial charge in [0, 0.05) is 6.54 Å². The van der Waals surface area contributed by atoms with Crippen molar-refractivity contribution >= 4 is 6.03 Å². The number of hydrogen-bond acceptors (Lipinski definition) is 3. The molecule has 0 radical (unpaired) electrons. The molecule has 3 atom stereocenters. The molecule has 2 amide bonds. The Hall–Kier alpha value is -1.59. The molecule has 5 heteroatoms. The number of nitrogens with zero attached hydrogens (tertiary/aromatic N) is 1. The Balaban J connectivity index is 2.13. The van der Waals surface area contributed by atoms with Gasteiger partial charge in [0.15, 0.2) is 0 Å². The predicted octanol–water partition coefficient (Wildman–Crippen LogP) is 2.87. The lowest BCUT2D eigenvalue weighted by molar-refractivity contribution is -0.00512. The first-order chi connectivity index (χ1) is 11.4. The summed E-state index contributed by atoms with van der Waals surface area (Å²) in [6, 6.07) is 7.98. The van der Waals surface area contributed by atoms with Crippen LogP contribution in [0, 0.1) is 12.8 Å². The van der Waals surface area contributed by atoms with Crippen LogP contribution < -0.4 is 5.32 Å². The fraction of sp³-hybridized carbons (Fsp3) is 0.632. The maximum Gasteiger partial charge on any atom is 0.318 e. The molecule has 1 fully saturated rings. The van der Waals surface area contributed by atoms with Crippen molar-refractivity contribution in [3.8, 4) is 0 Å². The molecule has 0 spiro atoms. The highest BCUT2D eigenvalue weighted by Gasteiger charge is 2.30. The third-order valence-corrected chi connectivity index (χ3v) is 4.57. The SMILES string of the molecule is Cc1ccccc1[C@H](NC(=O)N1CCOC[C@H]1C[C@@H](C)O)C(C)C. The lowest BCUT2D eigenvalue weighted by Gasteiger charge is -2.38. The van der Waals surface area contributed by atoms with Crippen LogP contribution in [0.3, 0.4) is 0 Å². The van der Waals surface area contributed by atoms with Gasteiger partial charge in [-0.2, -0.15) is 0 Å². The summed E-state index contributed by atoms with van der Waals surface area (Å²) in [5.74, 6) is 0.284. The van der Waals surface area contributed by atoms with E-state index in [1.165, 1.54) is 5.56 Å². The van der Waals surface area contributed by atoms with Gasteiger partial charge in [-0.15, -0.1) is 0 Å². The molecule has 1 heterocycles. The molecule has 5 nitrogen and oxygen atoms in total. The van der Waals surface area contributed by atoms with Crippen LogP contribution in [0.4, 0.5) is 4.79 Å². The second-order valence-electron chi connectivity index (χ2n) is 7.03. The first-order valence-electron chi connectivity index (χ1n) is 8.78. The highest BCUT2D eigenvalue weighted by molar-refractivity contribution is 5.75. The van der Waals surface area contributed by atoms with E-state index in [-0.39, 0.29) is 24.0 Å². The molecule has 0 unspecified atom stereocenters. The Morgan fingerprint density at radius 3 is 2.71 bits per heavy atom. The molecule has 1 aromatic rings. The third-order valence-electron chi connectivity index (χ3n) is 4.57. The maximum absolute atomic E-state index is 12.9. The first kappa shape index (κ1) is 18.7. The fourth-order valence-corrected chi connectivity index (χ4v) is 3.27. The highest BCUT2D eigenvalue weighted by atomic mass is 16.5. The van der Waals surface area contributed by atoms with Gasteiger partial charge >= 0.3 is 6.03 Å². The molecule has 0 aromatic heterocycles. The van der Waals surface area contributed by atoms with E-state index in [2.05, 4.69) is 38.2 Å². The van der Waals surface area contributed by atoms with E-state index < -0.39 is 6.10 Å². The molecule has 0 aliphatic carbocycles. The molecular formula is C19H30N2O3. The average Bonchev–Trinajstić information content (AvgIpc) is 2.53.